The van der Waals surface area contributed by atoms with Crippen molar-refractivity contribution in [1.29, 1.82) is 0 Å². The molecule has 1 heterocycles. The smallest absolute Gasteiger partial charge is 0.0537 e. The van der Waals surface area contributed by atoms with E-state index >= 15 is 0 Å². The highest BCUT2D eigenvalue weighted by atomic mass is 32.2. The zero-order valence-corrected chi connectivity index (χ0v) is 10.9. The van der Waals surface area contributed by atoms with Gasteiger partial charge in [0.05, 0.1) is 6.20 Å². The van der Waals surface area contributed by atoms with E-state index in [1.807, 2.05) is 29.7 Å². The molecule has 1 rings (SSSR count). The first-order valence-electron chi connectivity index (χ1n) is 5.36. The molecule has 1 atom stereocenters. The molecule has 1 aromatic rings. The summed E-state index contributed by atoms with van der Waals surface area (Å²) in [5.41, 5.74) is 2.55. The van der Waals surface area contributed by atoms with Crippen LogP contribution in [0.1, 0.15) is 24.6 Å². The minimum Gasteiger partial charge on any atom is -0.313 e. The summed E-state index contributed by atoms with van der Waals surface area (Å²) >= 11 is 1.92. The van der Waals surface area contributed by atoms with Crippen LogP contribution >= 0.6 is 11.8 Å². The number of thioether (sulfide) groups is 1. The maximum atomic E-state index is 4.22. The van der Waals surface area contributed by atoms with Gasteiger partial charge in [0.25, 0.3) is 0 Å². The minimum absolute atomic E-state index is 0.743. The predicted molar refractivity (Wildman–Crippen MR) is 67.2 cm³/mol. The van der Waals surface area contributed by atoms with Crippen LogP contribution in [0, 0.1) is 6.92 Å². The molecule has 0 unspecified atom stereocenters. The monoisotopic (exact) mass is 227 g/mol. The van der Waals surface area contributed by atoms with Crippen LogP contribution < -0.4 is 5.32 Å². The molecule has 0 saturated carbocycles. The fraction of sp³-hybridized carbons (Fsp3) is 0.727. The lowest BCUT2D eigenvalue weighted by Crippen LogP contribution is -2.18. The fourth-order valence-corrected chi connectivity index (χ4v) is 1.72. The standard InChI is InChI=1S/C11H21N3S/c1-9(15-4)5-6-12-7-11-8-13-14(3)10(11)2/h8-9,12H,5-7H2,1-4H3/t9-/m0/s1. The van der Waals surface area contributed by atoms with Crippen molar-refractivity contribution < 1.29 is 0 Å². The second-order valence-electron chi connectivity index (χ2n) is 3.89. The van der Waals surface area contributed by atoms with Gasteiger partial charge in [0, 0.05) is 30.1 Å². The highest BCUT2D eigenvalue weighted by molar-refractivity contribution is 7.99. The van der Waals surface area contributed by atoms with E-state index in [4.69, 9.17) is 0 Å². The van der Waals surface area contributed by atoms with E-state index in [2.05, 4.69) is 30.5 Å². The van der Waals surface area contributed by atoms with Crippen LogP contribution in [0.5, 0.6) is 0 Å². The third-order valence-corrected chi connectivity index (χ3v) is 3.82. The molecule has 0 radical (unpaired) electrons. The fourth-order valence-electron chi connectivity index (χ4n) is 1.36. The lowest BCUT2D eigenvalue weighted by molar-refractivity contribution is 0.644. The van der Waals surface area contributed by atoms with Gasteiger partial charge in [-0.15, -0.1) is 0 Å². The molecule has 0 fully saturated rings. The number of hydrogen-bond donors (Lipinski definition) is 1. The van der Waals surface area contributed by atoms with Crippen LogP contribution in [0.4, 0.5) is 0 Å². The van der Waals surface area contributed by atoms with Crippen LogP contribution in [0.15, 0.2) is 6.20 Å². The largest absolute Gasteiger partial charge is 0.313 e. The predicted octanol–water partition coefficient (Wildman–Crippen LogP) is 1.96. The summed E-state index contributed by atoms with van der Waals surface area (Å²) in [7, 11) is 1.98. The molecule has 0 aliphatic carbocycles. The molecule has 15 heavy (non-hydrogen) atoms. The Morgan fingerprint density at radius 3 is 2.87 bits per heavy atom. The number of nitrogens with one attached hydrogen (secondary N) is 1. The van der Waals surface area contributed by atoms with E-state index in [1.165, 1.54) is 17.7 Å². The van der Waals surface area contributed by atoms with Crippen molar-refractivity contribution in [2.75, 3.05) is 12.8 Å². The zero-order chi connectivity index (χ0) is 11.3. The Hall–Kier alpha value is -0.480. The Kier molecular flexibility index (Phi) is 5.19. The second kappa shape index (κ2) is 6.18. The zero-order valence-electron chi connectivity index (χ0n) is 10.1. The van der Waals surface area contributed by atoms with Crippen molar-refractivity contribution in [2.45, 2.75) is 32.1 Å². The Bertz CT molecular complexity index is 296. The van der Waals surface area contributed by atoms with Crippen molar-refractivity contribution in [3.05, 3.63) is 17.5 Å². The molecular formula is C11H21N3S. The van der Waals surface area contributed by atoms with Gasteiger partial charge in [-0.25, -0.2) is 0 Å². The summed E-state index contributed by atoms with van der Waals surface area (Å²) in [4.78, 5) is 0. The molecule has 0 bridgehead atoms. The summed E-state index contributed by atoms with van der Waals surface area (Å²) in [6.07, 6.45) is 5.33. The van der Waals surface area contributed by atoms with Crippen LogP contribution in [-0.4, -0.2) is 27.8 Å². The van der Waals surface area contributed by atoms with Gasteiger partial charge < -0.3 is 5.32 Å². The van der Waals surface area contributed by atoms with Gasteiger partial charge in [0.2, 0.25) is 0 Å². The van der Waals surface area contributed by atoms with Crippen LogP contribution in [-0.2, 0) is 13.6 Å². The Morgan fingerprint density at radius 1 is 1.60 bits per heavy atom. The summed E-state index contributed by atoms with van der Waals surface area (Å²) in [6, 6.07) is 0. The highest BCUT2D eigenvalue weighted by Gasteiger charge is 2.03. The SMILES string of the molecule is CS[C@@H](C)CCNCc1cnn(C)c1C. The average molecular weight is 227 g/mol. The molecule has 0 saturated heterocycles. The molecule has 0 aliphatic rings. The molecule has 1 N–H and O–H groups in total. The normalized spacial score (nSPS) is 13.1. The maximum Gasteiger partial charge on any atom is 0.0537 e. The van der Waals surface area contributed by atoms with Crippen molar-refractivity contribution in [2.24, 2.45) is 7.05 Å². The highest BCUT2D eigenvalue weighted by Crippen LogP contribution is 2.09. The third kappa shape index (κ3) is 3.87. The summed E-state index contributed by atoms with van der Waals surface area (Å²) in [5, 5.41) is 8.42. The van der Waals surface area contributed by atoms with Gasteiger partial charge in [0.15, 0.2) is 0 Å². The first-order chi connectivity index (χ1) is 7.15. The molecule has 0 aliphatic heterocycles. The molecular weight excluding hydrogens is 206 g/mol. The molecule has 0 amide bonds. The lowest BCUT2D eigenvalue weighted by atomic mass is 10.2. The van der Waals surface area contributed by atoms with Crippen molar-refractivity contribution in [1.82, 2.24) is 15.1 Å². The van der Waals surface area contributed by atoms with E-state index < -0.39 is 0 Å². The lowest BCUT2D eigenvalue weighted by Gasteiger charge is -2.08. The Labute approximate surface area is 96.6 Å². The topological polar surface area (TPSA) is 29.9 Å². The molecule has 1 aromatic heterocycles. The van der Waals surface area contributed by atoms with E-state index in [9.17, 15) is 0 Å². The molecule has 0 aromatic carbocycles. The molecule has 3 nitrogen and oxygen atoms in total. The van der Waals surface area contributed by atoms with E-state index in [1.54, 1.807) is 0 Å². The van der Waals surface area contributed by atoms with E-state index in [-0.39, 0.29) is 0 Å². The van der Waals surface area contributed by atoms with Crippen LogP contribution in [0.25, 0.3) is 0 Å². The number of rotatable bonds is 6. The first kappa shape index (κ1) is 12.6. The summed E-state index contributed by atoms with van der Waals surface area (Å²) in [5.74, 6) is 0. The number of aryl methyl sites for hydroxylation is 1. The Morgan fingerprint density at radius 2 is 2.33 bits per heavy atom. The summed E-state index contributed by atoms with van der Waals surface area (Å²) in [6.45, 7) is 6.38. The quantitative estimate of drug-likeness (QED) is 0.754. The van der Waals surface area contributed by atoms with Gasteiger partial charge in [0.1, 0.15) is 0 Å². The number of nitrogens with zero attached hydrogens (tertiary/aromatic N) is 2. The minimum atomic E-state index is 0.743. The average Bonchev–Trinajstić information content (AvgIpc) is 2.55. The molecule has 4 heteroatoms. The van der Waals surface area contributed by atoms with Crippen LogP contribution in [0.3, 0.4) is 0 Å². The number of hydrogen-bond acceptors (Lipinski definition) is 3. The van der Waals surface area contributed by atoms with Gasteiger partial charge in [-0.1, -0.05) is 6.92 Å². The van der Waals surface area contributed by atoms with Gasteiger partial charge in [-0.3, -0.25) is 4.68 Å². The van der Waals surface area contributed by atoms with Crippen molar-refractivity contribution in [3.8, 4) is 0 Å². The molecule has 0 spiro atoms. The van der Waals surface area contributed by atoms with Gasteiger partial charge >= 0.3 is 0 Å². The van der Waals surface area contributed by atoms with Gasteiger partial charge in [-0.2, -0.15) is 16.9 Å². The summed E-state index contributed by atoms with van der Waals surface area (Å²) < 4.78 is 1.92. The first-order valence-corrected chi connectivity index (χ1v) is 6.65. The van der Waals surface area contributed by atoms with Gasteiger partial charge in [-0.05, 0) is 26.1 Å². The number of aromatic nitrogens is 2. The van der Waals surface area contributed by atoms with Crippen molar-refractivity contribution >= 4 is 11.8 Å². The van der Waals surface area contributed by atoms with Crippen molar-refractivity contribution in [3.63, 3.8) is 0 Å². The maximum absolute atomic E-state index is 4.22. The van der Waals surface area contributed by atoms with Crippen LogP contribution in [0.2, 0.25) is 0 Å². The molecule has 86 valence electrons. The van der Waals surface area contributed by atoms with E-state index in [0.717, 1.165) is 18.3 Å². The third-order valence-electron chi connectivity index (χ3n) is 2.78. The van der Waals surface area contributed by atoms with E-state index in [0.29, 0.717) is 0 Å². The Balaban J connectivity index is 2.23. The second-order valence-corrected chi connectivity index (χ2v) is 5.17.